The molecule has 2 N–H and O–H groups in total. The molecule has 0 saturated heterocycles. The predicted octanol–water partition coefficient (Wildman–Crippen LogP) is 1.47. The summed E-state index contributed by atoms with van der Waals surface area (Å²) in [5.74, 6) is -1.69. The fraction of sp³-hybridized carbons (Fsp3) is 0.462. The lowest BCUT2D eigenvalue weighted by Crippen LogP contribution is -2.19. The lowest BCUT2D eigenvalue weighted by molar-refractivity contribution is 0.112. The second-order valence-electron chi connectivity index (χ2n) is 4.77. The summed E-state index contributed by atoms with van der Waals surface area (Å²) in [5, 5.41) is 0. The van der Waals surface area contributed by atoms with Crippen molar-refractivity contribution in [2.24, 2.45) is 0 Å². The smallest absolute Gasteiger partial charge is 0.201 e. The van der Waals surface area contributed by atoms with Gasteiger partial charge in [0.2, 0.25) is 5.95 Å². The summed E-state index contributed by atoms with van der Waals surface area (Å²) in [7, 11) is 3.89. The van der Waals surface area contributed by atoms with E-state index >= 15 is 0 Å². The molecule has 0 atom stereocenters. The van der Waals surface area contributed by atoms with E-state index in [4.69, 9.17) is 10.5 Å². The third-order valence-electron chi connectivity index (χ3n) is 2.97. The largest absolute Gasteiger partial charge is 0.378 e. The normalized spacial score (nSPS) is 11.7. The molecule has 0 aliphatic heterocycles. The molecule has 20 heavy (non-hydrogen) atoms. The summed E-state index contributed by atoms with van der Waals surface area (Å²) in [5.41, 5.74) is 6.16. The minimum atomic E-state index is -0.931. The van der Waals surface area contributed by atoms with Crippen molar-refractivity contribution in [3.05, 3.63) is 23.8 Å². The van der Waals surface area contributed by atoms with Crippen LogP contribution in [0.5, 0.6) is 0 Å². The van der Waals surface area contributed by atoms with Gasteiger partial charge in [0.1, 0.15) is 5.52 Å². The van der Waals surface area contributed by atoms with E-state index in [-0.39, 0.29) is 11.5 Å². The van der Waals surface area contributed by atoms with Crippen LogP contribution >= 0.6 is 0 Å². The van der Waals surface area contributed by atoms with Gasteiger partial charge in [-0.15, -0.1) is 0 Å². The second-order valence-corrected chi connectivity index (χ2v) is 4.77. The predicted molar refractivity (Wildman–Crippen MR) is 73.4 cm³/mol. The Morgan fingerprint density at radius 3 is 2.75 bits per heavy atom. The first-order valence-corrected chi connectivity index (χ1v) is 6.33. The average molecular weight is 284 g/mol. The maximum Gasteiger partial charge on any atom is 0.201 e. The van der Waals surface area contributed by atoms with E-state index in [1.165, 1.54) is 10.6 Å². The van der Waals surface area contributed by atoms with Crippen LogP contribution in [0.1, 0.15) is 0 Å². The topological polar surface area (TPSA) is 56.3 Å². The van der Waals surface area contributed by atoms with Gasteiger partial charge in [0, 0.05) is 13.1 Å². The van der Waals surface area contributed by atoms with Crippen LogP contribution in [0.4, 0.5) is 14.7 Å². The zero-order valence-corrected chi connectivity index (χ0v) is 11.6. The molecular formula is C13H18F2N4O. The van der Waals surface area contributed by atoms with Crippen LogP contribution in [0.3, 0.4) is 0 Å². The van der Waals surface area contributed by atoms with E-state index in [1.54, 1.807) is 0 Å². The van der Waals surface area contributed by atoms with E-state index in [1.807, 2.05) is 19.0 Å². The highest BCUT2D eigenvalue weighted by molar-refractivity contribution is 5.79. The molecule has 0 aliphatic carbocycles. The minimum Gasteiger partial charge on any atom is -0.378 e. The summed E-state index contributed by atoms with van der Waals surface area (Å²) in [6.45, 7) is 2.05. The molecule has 1 aromatic carbocycles. The molecule has 0 fully saturated rings. The van der Waals surface area contributed by atoms with Gasteiger partial charge >= 0.3 is 0 Å². The number of likely N-dealkylation sites (N-methyl/N-ethyl adjacent to an activating group) is 1. The Labute approximate surface area is 115 Å². The summed E-state index contributed by atoms with van der Waals surface area (Å²) in [6.07, 6.45) is 0. The molecule has 110 valence electrons. The maximum absolute atomic E-state index is 13.8. The van der Waals surface area contributed by atoms with Crippen LogP contribution in [-0.2, 0) is 11.3 Å². The number of anilines is 1. The Balaban J connectivity index is 2.09. The van der Waals surface area contributed by atoms with Gasteiger partial charge in [-0.05, 0) is 26.2 Å². The third-order valence-corrected chi connectivity index (χ3v) is 2.97. The van der Waals surface area contributed by atoms with Gasteiger partial charge in [-0.25, -0.2) is 13.8 Å². The van der Waals surface area contributed by atoms with E-state index in [0.29, 0.717) is 25.3 Å². The Bertz CT molecular complexity index is 598. The molecule has 5 nitrogen and oxygen atoms in total. The van der Waals surface area contributed by atoms with Crippen LogP contribution in [0.2, 0.25) is 0 Å². The van der Waals surface area contributed by atoms with Gasteiger partial charge in [0.05, 0.1) is 18.7 Å². The molecule has 2 rings (SSSR count). The number of halogens is 2. The van der Waals surface area contributed by atoms with Gasteiger partial charge < -0.3 is 19.9 Å². The monoisotopic (exact) mass is 284 g/mol. The molecule has 0 amide bonds. The first-order valence-electron chi connectivity index (χ1n) is 6.33. The molecule has 0 aliphatic rings. The number of hydrogen-bond donors (Lipinski definition) is 1. The highest BCUT2D eigenvalue weighted by Gasteiger charge is 2.15. The fourth-order valence-corrected chi connectivity index (χ4v) is 1.91. The van der Waals surface area contributed by atoms with Gasteiger partial charge in [-0.1, -0.05) is 0 Å². The molecule has 1 aromatic heterocycles. The molecular weight excluding hydrogens is 266 g/mol. The molecule has 0 spiro atoms. The van der Waals surface area contributed by atoms with Crippen LogP contribution in [0, 0.1) is 11.6 Å². The number of hydrogen-bond acceptors (Lipinski definition) is 4. The number of aromatic nitrogens is 2. The van der Waals surface area contributed by atoms with Crippen molar-refractivity contribution < 1.29 is 13.5 Å². The maximum atomic E-state index is 13.8. The van der Waals surface area contributed by atoms with Gasteiger partial charge in [-0.2, -0.15) is 0 Å². The Kier molecular flexibility index (Phi) is 4.51. The van der Waals surface area contributed by atoms with Crippen molar-refractivity contribution in [2.45, 2.75) is 6.54 Å². The van der Waals surface area contributed by atoms with Crippen molar-refractivity contribution in [3.8, 4) is 0 Å². The number of rotatable bonds is 6. The zero-order valence-electron chi connectivity index (χ0n) is 11.6. The van der Waals surface area contributed by atoms with Crippen molar-refractivity contribution in [1.82, 2.24) is 14.5 Å². The summed E-state index contributed by atoms with van der Waals surface area (Å²) in [6, 6.07) is 2.45. The number of nitrogen functional groups attached to an aromatic ring is 1. The van der Waals surface area contributed by atoms with Crippen molar-refractivity contribution >= 4 is 17.0 Å². The van der Waals surface area contributed by atoms with Crippen molar-refractivity contribution in [1.29, 1.82) is 0 Å². The number of nitrogens with two attached hydrogens (primary N) is 1. The summed E-state index contributed by atoms with van der Waals surface area (Å²) < 4.78 is 34.0. The van der Waals surface area contributed by atoms with Crippen LogP contribution in [-0.4, -0.2) is 48.3 Å². The summed E-state index contributed by atoms with van der Waals surface area (Å²) >= 11 is 0. The number of imidazole rings is 1. The zero-order chi connectivity index (χ0) is 14.7. The van der Waals surface area contributed by atoms with Gasteiger partial charge in [0.25, 0.3) is 0 Å². The molecule has 1 heterocycles. The fourth-order valence-electron chi connectivity index (χ4n) is 1.91. The highest BCUT2D eigenvalue weighted by Crippen LogP contribution is 2.22. The molecule has 7 heteroatoms. The highest BCUT2D eigenvalue weighted by atomic mass is 19.2. The Morgan fingerprint density at radius 2 is 2.05 bits per heavy atom. The molecule has 0 radical (unpaired) electrons. The lowest BCUT2D eigenvalue weighted by atomic mass is 10.3. The van der Waals surface area contributed by atoms with E-state index < -0.39 is 11.6 Å². The van der Waals surface area contributed by atoms with Crippen LogP contribution in [0.15, 0.2) is 12.1 Å². The Morgan fingerprint density at radius 1 is 1.30 bits per heavy atom. The standard InChI is InChI=1S/C13H18F2N4O/c1-18(2)5-7-20-8-6-19-12-10(17-13(19)16)4-3-9(14)11(12)15/h3-4H,5-8H2,1-2H3,(H2,16,17). The van der Waals surface area contributed by atoms with Gasteiger partial charge in [-0.3, -0.25) is 0 Å². The SMILES string of the molecule is CN(C)CCOCCn1c(N)nc2ccc(F)c(F)c21. The second kappa shape index (κ2) is 6.15. The van der Waals surface area contributed by atoms with Crippen molar-refractivity contribution in [2.75, 3.05) is 39.6 Å². The summed E-state index contributed by atoms with van der Waals surface area (Å²) in [4.78, 5) is 6.01. The number of benzene rings is 1. The van der Waals surface area contributed by atoms with Crippen molar-refractivity contribution in [3.63, 3.8) is 0 Å². The molecule has 0 bridgehead atoms. The Hall–Kier alpha value is -1.73. The quantitative estimate of drug-likeness (QED) is 0.816. The van der Waals surface area contributed by atoms with Gasteiger partial charge in [0.15, 0.2) is 11.6 Å². The number of nitrogens with zero attached hydrogens (tertiary/aromatic N) is 3. The minimum absolute atomic E-state index is 0.0821. The van der Waals surface area contributed by atoms with E-state index in [9.17, 15) is 8.78 Å². The molecule has 0 unspecified atom stereocenters. The van der Waals surface area contributed by atoms with Crippen LogP contribution < -0.4 is 5.73 Å². The van der Waals surface area contributed by atoms with E-state index in [2.05, 4.69) is 4.98 Å². The molecule has 2 aromatic rings. The van der Waals surface area contributed by atoms with Crippen LogP contribution in [0.25, 0.3) is 11.0 Å². The lowest BCUT2D eigenvalue weighted by Gasteiger charge is -2.11. The number of ether oxygens (including phenoxy) is 1. The molecule has 0 saturated carbocycles. The third kappa shape index (κ3) is 3.05. The number of fused-ring (bicyclic) bond motifs is 1. The average Bonchev–Trinajstić information content (AvgIpc) is 2.70. The first-order chi connectivity index (χ1) is 9.50. The first kappa shape index (κ1) is 14.7. The van der Waals surface area contributed by atoms with E-state index in [0.717, 1.165) is 12.6 Å².